The lowest BCUT2D eigenvalue weighted by Gasteiger charge is -2.30. The van der Waals surface area contributed by atoms with Gasteiger partial charge in [0.15, 0.2) is 0 Å². The van der Waals surface area contributed by atoms with E-state index in [4.69, 9.17) is 4.98 Å². The summed E-state index contributed by atoms with van der Waals surface area (Å²) in [5.74, 6) is 0. The predicted octanol–water partition coefficient (Wildman–Crippen LogP) is 10.8. The Kier molecular flexibility index (Phi) is 4.55. The van der Waals surface area contributed by atoms with Gasteiger partial charge in [0, 0.05) is 28.6 Å². The van der Waals surface area contributed by atoms with Crippen LogP contribution in [0.5, 0.6) is 0 Å². The van der Waals surface area contributed by atoms with Crippen molar-refractivity contribution in [3.8, 4) is 27.9 Å². The van der Waals surface area contributed by atoms with Gasteiger partial charge < -0.3 is 4.57 Å². The number of nitrogens with zero attached hydrogens (tertiary/aromatic N) is 2. The topological polar surface area (TPSA) is 17.8 Å². The minimum atomic E-state index is -0.466. The van der Waals surface area contributed by atoms with Crippen LogP contribution >= 0.6 is 0 Å². The predicted molar refractivity (Wildman–Crippen MR) is 190 cm³/mol. The summed E-state index contributed by atoms with van der Waals surface area (Å²) in [5.41, 5.74) is 13.7. The van der Waals surface area contributed by atoms with Gasteiger partial charge in [-0.15, -0.1) is 0 Å². The van der Waals surface area contributed by atoms with Crippen molar-refractivity contribution in [3.05, 3.63) is 180 Å². The fourth-order valence-corrected chi connectivity index (χ4v) is 9.01. The molecule has 2 aliphatic rings. The van der Waals surface area contributed by atoms with Gasteiger partial charge in [0.05, 0.1) is 22.1 Å². The van der Waals surface area contributed by atoms with Gasteiger partial charge in [-0.3, -0.25) is 4.98 Å². The third kappa shape index (κ3) is 2.77. The first-order valence-corrected chi connectivity index (χ1v) is 16.0. The van der Waals surface area contributed by atoms with Crippen molar-refractivity contribution in [2.45, 2.75) is 5.41 Å². The minimum absolute atomic E-state index is 0.466. The van der Waals surface area contributed by atoms with Crippen molar-refractivity contribution < 1.29 is 0 Å². The van der Waals surface area contributed by atoms with Gasteiger partial charge in [-0.05, 0) is 84.9 Å². The number of hydrogen-bond acceptors (Lipinski definition) is 1. The van der Waals surface area contributed by atoms with Crippen LogP contribution in [-0.4, -0.2) is 9.55 Å². The maximum absolute atomic E-state index is 4.76. The molecule has 0 unspecified atom stereocenters. The highest BCUT2D eigenvalue weighted by atomic mass is 15.0. The summed E-state index contributed by atoms with van der Waals surface area (Å²) in [6.07, 6.45) is 4.07. The van der Waals surface area contributed by atoms with Gasteiger partial charge in [0.25, 0.3) is 0 Å². The van der Waals surface area contributed by atoms with Crippen molar-refractivity contribution in [2.24, 2.45) is 0 Å². The Bertz CT molecular complexity index is 2700. The molecule has 2 aromatic heterocycles. The molecule has 7 aromatic carbocycles. The van der Waals surface area contributed by atoms with Crippen LogP contribution in [0.15, 0.2) is 158 Å². The number of benzene rings is 7. The highest BCUT2D eigenvalue weighted by Crippen LogP contribution is 2.64. The lowest BCUT2D eigenvalue weighted by Crippen LogP contribution is -2.26. The number of para-hydroxylation sites is 1. The van der Waals surface area contributed by atoms with E-state index in [9.17, 15) is 0 Å². The van der Waals surface area contributed by atoms with Crippen LogP contribution in [0.2, 0.25) is 0 Å². The van der Waals surface area contributed by atoms with Crippen LogP contribution < -0.4 is 0 Å². The van der Waals surface area contributed by atoms with E-state index >= 15 is 0 Å². The summed E-state index contributed by atoms with van der Waals surface area (Å²) in [4.78, 5) is 4.76. The zero-order valence-corrected chi connectivity index (χ0v) is 24.9. The molecule has 0 N–H and O–H groups in total. The number of pyridine rings is 1. The van der Waals surface area contributed by atoms with E-state index < -0.39 is 5.41 Å². The fraction of sp³-hybridized carbons (Fsp3) is 0.0227. The highest BCUT2D eigenvalue weighted by Gasteiger charge is 2.53. The molecule has 0 fully saturated rings. The lowest BCUT2D eigenvalue weighted by atomic mass is 9.70. The van der Waals surface area contributed by atoms with Crippen LogP contribution in [0.1, 0.15) is 22.3 Å². The maximum Gasteiger partial charge on any atom is 0.0747 e. The molecule has 0 bridgehead atoms. The molecular formula is C44H26N2. The summed E-state index contributed by atoms with van der Waals surface area (Å²) in [6, 6.07) is 53.9. The monoisotopic (exact) mass is 582 g/mol. The number of aromatic nitrogens is 2. The van der Waals surface area contributed by atoms with Crippen molar-refractivity contribution >= 4 is 43.4 Å². The Morgan fingerprint density at radius 2 is 1.09 bits per heavy atom. The number of rotatable bonds is 1. The average molecular weight is 583 g/mol. The first kappa shape index (κ1) is 24.3. The smallest absolute Gasteiger partial charge is 0.0747 e. The minimum Gasteiger partial charge on any atom is -0.309 e. The SMILES string of the molecule is c1ccc2c(c1)-c1ccccc1C21c2cnccc2-c2ccc3c(c21)c1ccccc1n3-c1cc2ccccc2c2ccccc12. The zero-order valence-electron chi connectivity index (χ0n) is 24.9. The van der Waals surface area contributed by atoms with Crippen molar-refractivity contribution in [2.75, 3.05) is 0 Å². The molecule has 2 aliphatic carbocycles. The highest BCUT2D eigenvalue weighted by molar-refractivity contribution is 6.18. The summed E-state index contributed by atoms with van der Waals surface area (Å²) in [5, 5.41) is 7.64. The number of fused-ring (bicyclic) bond motifs is 17. The Labute approximate surface area is 265 Å². The number of hydrogen-bond donors (Lipinski definition) is 0. The summed E-state index contributed by atoms with van der Waals surface area (Å²) < 4.78 is 2.52. The first-order chi connectivity index (χ1) is 22.9. The molecule has 9 aromatic rings. The molecule has 46 heavy (non-hydrogen) atoms. The van der Waals surface area contributed by atoms with Crippen molar-refractivity contribution in [3.63, 3.8) is 0 Å². The second-order valence-electron chi connectivity index (χ2n) is 12.7. The third-order valence-corrected chi connectivity index (χ3v) is 10.7. The van der Waals surface area contributed by atoms with E-state index in [1.807, 2.05) is 6.20 Å². The van der Waals surface area contributed by atoms with E-state index in [1.54, 1.807) is 0 Å². The maximum atomic E-state index is 4.76. The van der Waals surface area contributed by atoms with Crippen LogP contribution in [-0.2, 0) is 5.41 Å². The summed E-state index contributed by atoms with van der Waals surface area (Å²) in [6.45, 7) is 0. The Hall–Kier alpha value is -5.99. The zero-order chi connectivity index (χ0) is 30.0. The van der Waals surface area contributed by atoms with Crippen LogP contribution in [0, 0.1) is 0 Å². The molecular weight excluding hydrogens is 556 g/mol. The van der Waals surface area contributed by atoms with Gasteiger partial charge in [0.2, 0.25) is 0 Å². The third-order valence-electron chi connectivity index (χ3n) is 10.7. The first-order valence-electron chi connectivity index (χ1n) is 16.0. The molecule has 0 saturated carbocycles. The Morgan fingerprint density at radius 1 is 0.457 bits per heavy atom. The summed E-state index contributed by atoms with van der Waals surface area (Å²) >= 11 is 0. The molecule has 0 saturated heterocycles. The van der Waals surface area contributed by atoms with E-state index in [0.29, 0.717) is 0 Å². The fourth-order valence-electron chi connectivity index (χ4n) is 9.01. The van der Waals surface area contributed by atoms with Crippen LogP contribution in [0.3, 0.4) is 0 Å². The Morgan fingerprint density at radius 3 is 1.89 bits per heavy atom. The van der Waals surface area contributed by atoms with Gasteiger partial charge in [0.1, 0.15) is 0 Å². The molecule has 212 valence electrons. The van der Waals surface area contributed by atoms with Crippen molar-refractivity contribution in [1.29, 1.82) is 0 Å². The molecule has 11 rings (SSSR count). The van der Waals surface area contributed by atoms with Gasteiger partial charge in [-0.1, -0.05) is 121 Å². The van der Waals surface area contributed by atoms with Crippen LogP contribution in [0.25, 0.3) is 71.3 Å². The molecule has 2 heteroatoms. The molecule has 0 amide bonds. The average Bonchev–Trinajstić information content (AvgIpc) is 3.73. The Balaban J connectivity index is 1.37. The van der Waals surface area contributed by atoms with E-state index in [0.717, 1.165) is 0 Å². The molecule has 2 heterocycles. The quantitative estimate of drug-likeness (QED) is 0.176. The van der Waals surface area contributed by atoms with E-state index in [2.05, 4.69) is 156 Å². The summed E-state index contributed by atoms with van der Waals surface area (Å²) in [7, 11) is 0. The molecule has 2 nitrogen and oxygen atoms in total. The molecule has 0 atom stereocenters. The van der Waals surface area contributed by atoms with Gasteiger partial charge in [-0.2, -0.15) is 0 Å². The molecule has 0 radical (unpaired) electrons. The normalized spacial score (nSPS) is 13.8. The van der Waals surface area contributed by atoms with Crippen molar-refractivity contribution in [1.82, 2.24) is 9.55 Å². The van der Waals surface area contributed by atoms with E-state index in [1.165, 1.54) is 93.5 Å². The van der Waals surface area contributed by atoms with Gasteiger partial charge >= 0.3 is 0 Å². The molecule has 0 aliphatic heterocycles. The standard InChI is InChI=1S/C44H26N2/c1-2-12-28-27(11-1)25-41(33-16-4-3-13-29(28)33)46-39-20-10-7-17-35(39)42-40(46)22-21-34-32-23-24-45-26-38(32)44(43(34)42)36-18-8-5-14-30(36)31-15-6-9-19-37(31)44/h1-26H. The molecule has 1 spiro atoms. The second kappa shape index (κ2) is 8.59. The lowest BCUT2D eigenvalue weighted by molar-refractivity contribution is 0.796. The van der Waals surface area contributed by atoms with Crippen LogP contribution in [0.4, 0.5) is 0 Å². The second-order valence-corrected chi connectivity index (χ2v) is 12.7. The van der Waals surface area contributed by atoms with E-state index in [-0.39, 0.29) is 0 Å². The largest absolute Gasteiger partial charge is 0.309 e. The van der Waals surface area contributed by atoms with Gasteiger partial charge in [-0.25, -0.2) is 0 Å².